The van der Waals surface area contributed by atoms with E-state index in [9.17, 15) is 4.79 Å². The fourth-order valence-corrected chi connectivity index (χ4v) is 2.24. The van der Waals surface area contributed by atoms with E-state index in [4.69, 9.17) is 20.8 Å². The summed E-state index contributed by atoms with van der Waals surface area (Å²) in [4.78, 5) is 18.3. The Labute approximate surface area is 111 Å². The van der Waals surface area contributed by atoms with E-state index in [2.05, 4.69) is 4.98 Å². The highest BCUT2D eigenvalue weighted by Gasteiger charge is 2.32. The first-order chi connectivity index (χ1) is 8.52. The molecule has 2 rings (SSSR count). The normalized spacial score (nSPS) is 24.3. The average Bonchev–Trinajstić information content (AvgIpc) is 2.68. The van der Waals surface area contributed by atoms with E-state index in [0.717, 1.165) is 0 Å². The van der Waals surface area contributed by atoms with Crippen molar-refractivity contribution in [1.82, 2.24) is 9.88 Å². The van der Waals surface area contributed by atoms with Crippen LogP contribution in [0.25, 0.3) is 0 Å². The summed E-state index contributed by atoms with van der Waals surface area (Å²) in [6.45, 7) is 6.43. The lowest BCUT2D eigenvalue weighted by molar-refractivity contribution is -0.0382. The lowest BCUT2D eigenvalue weighted by Crippen LogP contribution is -2.51. The van der Waals surface area contributed by atoms with Gasteiger partial charge in [0.15, 0.2) is 5.89 Å². The fourth-order valence-electron chi connectivity index (χ4n) is 2.05. The predicted octanol–water partition coefficient (Wildman–Crippen LogP) is 1.76. The van der Waals surface area contributed by atoms with Crippen molar-refractivity contribution in [3.05, 3.63) is 17.3 Å². The molecule has 6 heteroatoms. The number of alkyl halides is 1. The number of oxazole rings is 1. The smallest absolute Gasteiger partial charge is 0.291 e. The molecule has 1 saturated heterocycles. The number of halogens is 1. The molecule has 0 aliphatic carbocycles. The highest BCUT2D eigenvalue weighted by molar-refractivity contribution is 6.18. The summed E-state index contributed by atoms with van der Waals surface area (Å²) in [7, 11) is 0. The average molecular weight is 273 g/mol. The van der Waals surface area contributed by atoms with Crippen LogP contribution in [0.2, 0.25) is 0 Å². The van der Waals surface area contributed by atoms with Gasteiger partial charge in [-0.05, 0) is 13.8 Å². The first-order valence-electron chi connectivity index (χ1n) is 5.95. The van der Waals surface area contributed by atoms with Crippen molar-refractivity contribution in [2.45, 2.75) is 32.9 Å². The third-order valence-electron chi connectivity index (χ3n) is 3.04. The standard InChI is InChI=1S/C12H17ClN2O3/c1-7-6-17-10(4-13)5-15(7)12(16)11-8(2)14-9(3)18-11/h7,10H,4-6H2,1-3H3. The van der Waals surface area contributed by atoms with E-state index < -0.39 is 0 Å². The van der Waals surface area contributed by atoms with Gasteiger partial charge in [0.1, 0.15) is 0 Å². The molecule has 0 N–H and O–H groups in total. The topological polar surface area (TPSA) is 55.6 Å². The molecule has 1 aliphatic rings. The largest absolute Gasteiger partial charge is 0.436 e. The highest BCUT2D eigenvalue weighted by Crippen LogP contribution is 2.19. The fraction of sp³-hybridized carbons (Fsp3) is 0.667. The molecule has 1 amide bonds. The van der Waals surface area contributed by atoms with E-state index in [1.165, 1.54) is 0 Å². The first-order valence-corrected chi connectivity index (χ1v) is 6.49. The van der Waals surface area contributed by atoms with Gasteiger partial charge in [-0.25, -0.2) is 4.98 Å². The molecule has 0 aromatic carbocycles. The molecule has 5 nitrogen and oxygen atoms in total. The number of nitrogens with zero attached hydrogens (tertiary/aromatic N) is 2. The predicted molar refractivity (Wildman–Crippen MR) is 66.9 cm³/mol. The molecular weight excluding hydrogens is 256 g/mol. The van der Waals surface area contributed by atoms with Gasteiger partial charge >= 0.3 is 0 Å². The van der Waals surface area contributed by atoms with E-state index in [-0.39, 0.29) is 18.1 Å². The number of carbonyl (C=O) groups is 1. The van der Waals surface area contributed by atoms with Gasteiger partial charge in [-0.1, -0.05) is 0 Å². The zero-order valence-electron chi connectivity index (χ0n) is 10.8. The lowest BCUT2D eigenvalue weighted by Gasteiger charge is -2.36. The number of morpholine rings is 1. The summed E-state index contributed by atoms with van der Waals surface area (Å²) >= 11 is 5.78. The Balaban J connectivity index is 2.19. The Bertz CT molecular complexity index is 447. The van der Waals surface area contributed by atoms with Crippen LogP contribution in [0.1, 0.15) is 29.1 Å². The van der Waals surface area contributed by atoms with E-state index in [1.807, 2.05) is 6.92 Å². The summed E-state index contributed by atoms with van der Waals surface area (Å²) in [5, 5.41) is 0. The minimum Gasteiger partial charge on any atom is -0.436 e. The highest BCUT2D eigenvalue weighted by atomic mass is 35.5. The SMILES string of the molecule is Cc1nc(C)c(C(=O)N2CC(CCl)OCC2C)o1. The third-order valence-corrected chi connectivity index (χ3v) is 3.38. The second-order valence-electron chi connectivity index (χ2n) is 4.56. The van der Waals surface area contributed by atoms with Crippen LogP contribution in [0.5, 0.6) is 0 Å². The van der Waals surface area contributed by atoms with E-state index >= 15 is 0 Å². The number of amides is 1. The van der Waals surface area contributed by atoms with Crippen LogP contribution in [0, 0.1) is 13.8 Å². The van der Waals surface area contributed by atoms with Crippen LogP contribution in [0.3, 0.4) is 0 Å². The second kappa shape index (κ2) is 5.28. The molecule has 1 aromatic heterocycles. The van der Waals surface area contributed by atoms with Crippen molar-refractivity contribution in [3.8, 4) is 0 Å². The summed E-state index contributed by atoms with van der Waals surface area (Å²) in [5.41, 5.74) is 0.624. The molecule has 1 aliphatic heterocycles. The van der Waals surface area contributed by atoms with Crippen molar-refractivity contribution in [1.29, 1.82) is 0 Å². The van der Waals surface area contributed by atoms with Crippen molar-refractivity contribution >= 4 is 17.5 Å². The Morgan fingerprint density at radius 3 is 2.83 bits per heavy atom. The quantitative estimate of drug-likeness (QED) is 0.770. The minimum absolute atomic E-state index is 0.0155. The molecule has 0 radical (unpaired) electrons. The monoisotopic (exact) mass is 272 g/mol. The Hall–Kier alpha value is -1.07. The van der Waals surface area contributed by atoms with Crippen molar-refractivity contribution in [2.75, 3.05) is 19.0 Å². The molecule has 18 heavy (non-hydrogen) atoms. The summed E-state index contributed by atoms with van der Waals surface area (Å²) in [6, 6.07) is 0.0155. The Morgan fingerprint density at radius 2 is 2.28 bits per heavy atom. The van der Waals surface area contributed by atoms with Crippen LogP contribution in [0.15, 0.2) is 4.42 Å². The number of rotatable bonds is 2. The number of aryl methyl sites for hydroxylation is 2. The second-order valence-corrected chi connectivity index (χ2v) is 4.87. The Kier molecular flexibility index (Phi) is 3.92. The maximum Gasteiger partial charge on any atom is 0.291 e. The third kappa shape index (κ3) is 2.52. The summed E-state index contributed by atoms with van der Waals surface area (Å²) in [5.74, 6) is 1.06. The van der Waals surface area contributed by atoms with Crippen LogP contribution < -0.4 is 0 Å². The maximum absolute atomic E-state index is 12.4. The van der Waals surface area contributed by atoms with Gasteiger partial charge < -0.3 is 14.1 Å². The van der Waals surface area contributed by atoms with Gasteiger partial charge in [0, 0.05) is 13.5 Å². The molecule has 0 bridgehead atoms. The van der Waals surface area contributed by atoms with Crippen LogP contribution in [0.4, 0.5) is 0 Å². The van der Waals surface area contributed by atoms with Crippen LogP contribution >= 0.6 is 11.6 Å². The zero-order valence-corrected chi connectivity index (χ0v) is 11.5. The lowest BCUT2D eigenvalue weighted by atomic mass is 10.2. The molecule has 1 fully saturated rings. The van der Waals surface area contributed by atoms with Crippen LogP contribution in [-0.4, -0.2) is 47.0 Å². The van der Waals surface area contributed by atoms with Gasteiger partial charge in [-0.3, -0.25) is 4.79 Å². The molecule has 1 aromatic rings. The zero-order chi connectivity index (χ0) is 13.3. The van der Waals surface area contributed by atoms with Gasteiger partial charge in [0.05, 0.1) is 30.3 Å². The van der Waals surface area contributed by atoms with E-state index in [0.29, 0.717) is 36.4 Å². The van der Waals surface area contributed by atoms with Crippen molar-refractivity contribution in [3.63, 3.8) is 0 Å². The summed E-state index contributed by atoms with van der Waals surface area (Å²) < 4.78 is 10.9. The van der Waals surface area contributed by atoms with Gasteiger partial charge in [0.25, 0.3) is 5.91 Å². The van der Waals surface area contributed by atoms with Crippen LogP contribution in [-0.2, 0) is 4.74 Å². The van der Waals surface area contributed by atoms with Gasteiger partial charge in [-0.15, -0.1) is 11.6 Å². The molecule has 0 spiro atoms. The summed E-state index contributed by atoms with van der Waals surface area (Å²) in [6.07, 6.45) is -0.115. The number of hydrogen-bond donors (Lipinski definition) is 0. The molecule has 100 valence electrons. The van der Waals surface area contributed by atoms with Crippen molar-refractivity contribution in [2.24, 2.45) is 0 Å². The number of carbonyl (C=O) groups excluding carboxylic acids is 1. The number of aromatic nitrogens is 1. The molecule has 2 atom stereocenters. The number of hydrogen-bond acceptors (Lipinski definition) is 4. The number of ether oxygens (including phenoxy) is 1. The molecule has 2 heterocycles. The Morgan fingerprint density at radius 1 is 1.56 bits per heavy atom. The van der Waals surface area contributed by atoms with E-state index in [1.54, 1.807) is 18.7 Å². The minimum atomic E-state index is -0.140. The van der Waals surface area contributed by atoms with Crippen molar-refractivity contribution < 1.29 is 13.9 Å². The molecule has 2 unspecified atom stereocenters. The first kappa shape index (κ1) is 13.4. The molecule has 0 saturated carbocycles. The maximum atomic E-state index is 12.4. The van der Waals surface area contributed by atoms with Gasteiger partial charge in [-0.2, -0.15) is 0 Å². The molecular formula is C12H17ClN2O3. The van der Waals surface area contributed by atoms with Gasteiger partial charge in [0.2, 0.25) is 5.76 Å².